The van der Waals surface area contributed by atoms with Gasteiger partial charge in [0.1, 0.15) is 34.9 Å². The fourth-order valence-corrected chi connectivity index (χ4v) is 4.59. The molecular formula is C34H32FNO7. The van der Waals surface area contributed by atoms with Gasteiger partial charge < -0.3 is 29.1 Å². The highest BCUT2D eigenvalue weighted by atomic mass is 19.1. The van der Waals surface area contributed by atoms with Gasteiger partial charge in [0, 0.05) is 21.9 Å². The van der Waals surface area contributed by atoms with Crippen molar-refractivity contribution in [3.63, 3.8) is 0 Å². The summed E-state index contributed by atoms with van der Waals surface area (Å²) in [6.07, 6.45) is -0.830. The number of para-hydroxylation sites is 2. The number of benzene rings is 4. The van der Waals surface area contributed by atoms with E-state index in [0.717, 1.165) is 21.9 Å². The van der Waals surface area contributed by atoms with Gasteiger partial charge in [-0.2, -0.15) is 0 Å². The zero-order chi connectivity index (χ0) is 30.6. The Hall–Kier alpha value is -4.89. The number of halogens is 1. The number of furan rings is 1. The molecule has 1 amide bonds. The molecule has 222 valence electrons. The summed E-state index contributed by atoms with van der Waals surface area (Å²) in [5.74, 6) is -1.02. The van der Waals surface area contributed by atoms with E-state index in [1.807, 2.05) is 48.5 Å². The Morgan fingerprint density at radius 1 is 0.884 bits per heavy atom. The van der Waals surface area contributed by atoms with E-state index in [2.05, 4.69) is 5.32 Å². The van der Waals surface area contributed by atoms with Gasteiger partial charge in [-0.05, 0) is 56.2 Å². The van der Waals surface area contributed by atoms with Gasteiger partial charge in [0.15, 0.2) is 6.04 Å². The molecule has 0 spiro atoms. The van der Waals surface area contributed by atoms with Crippen LogP contribution in [-0.2, 0) is 27.5 Å². The normalized spacial score (nSPS) is 12.3. The van der Waals surface area contributed by atoms with Crippen LogP contribution in [0.15, 0.2) is 89.3 Å². The molecule has 0 saturated carbocycles. The molecule has 0 saturated heterocycles. The first-order valence-electron chi connectivity index (χ1n) is 13.8. The van der Waals surface area contributed by atoms with Crippen molar-refractivity contribution < 1.29 is 37.7 Å². The highest BCUT2D eigenvalue weighted by Crippen LogP contribution is 2.36. The van der Waals surface area contributed by atoms with E-state index >= 15 is 4.39 Å². The molecule has 4 aromatic carbocycles. The zero-order valence-corrected chi connectivity index (χ0v) is 24.1. The second-order valence-electron chi connectivity index (χ2n) is 11.1. The van der Waals surface area contributed by atoms with Crippen LogP contribution >= 0.6 is 0 Å². The van der Waals surface area contributed by atoms with Crippen molar-refractivity contribution >= 4 is 34.0 Å². The van der Waals surface area contributed by atoms with Gasteiger partial charge in [0.2, 0.25) is 0 Å². The summed E-state index contributed by atoms with van der Waals surface area (Å²) in [5.41, 5.74) is 3.24. The second kappa shape index (κ2) is 12.5. The Bertz CT molecular complexity index is 1760. The Kier molecular flexibility index (Phi) is 8.63. The van der Waals surface area contributed by atoms with Gasteiger partial charge in [-0.15, -0.1) is 0 Å². The van der Waals surface area contributed by atoms with E-state index < -0.39 is 23.7 Å². The monoisotopic (exact) mass is 585 g/mol. The van der Waals surface area contributed by atoms with Crippen molar-refractivity contribution in [1.29, 1.82) is 0 Å². The van der Waals surface area contributed by atoms with Gasteiger partial charge >= 0.3 is 12.1 Å². The van der Waals surface area contributed by atoms with Crippen molar-refractivity contribution in [2.75, 3.05) is 6.61 Å². The third-order valence-electron chi connectivity index (χ3n) is 6.60. The van der Waals surface area contributed by atoms with Crippen molar-refractivity contribution in [2.45, 2.75) is 45.6 Å². The van der Waals surface area contributed by atoms with Crippen LogP contribution in [0.5, 0.6) is 5.75 Å². The number of ether oxygens (including phenoxy) is 3. The number of carboxylic acids is 1. The summed E-state index contributed by atoms with van der Waals surface area (Å²) in [6, 6.07) is 24.3. The fourth-order valence-electron chi connectivity index (χ4n) is 4.59. The Morgan fingerprint density at radius 3 is 2.33 bits per heavy atom. The molecule has 0 aliphatic heterocycles. The van der Waals surface area contributed by atoms with Crippen molar-refractivity contribution in [2.24, 2.45) is 0 Å². The van der Waals surface area contributed by atoms with Crippen LogP contribution in [0.1, 0.15) is 31.9 Å². The van der Waals surface area contributed by atoms with E-state index in [-0.39, 0.29) is 25.6 Å². The fraction of sp³-hybridized carbons (Fsp3) is 0.235. The number of amides is 1. The van der Waals surface area contributed by atoms with E-state index in [0.29, 0.717) is 28.0 Å². The highest BCUT2D eigenvalue weighted by Gasteiger charge is 2.24. The molecule has 0 aliphatic carbocycles. The van der Waals surface area contributed by atoms with Crippen LogP contribution in [-0.4, -0.2) is 35.4 Å². The number of hydrogen-bond donors (Lipinski definition) is 2. The van der Waals surface area contributed by atoms with Crippen LogP contribution in [0.2, 0.25) is 0 Å². The van der Waals surface area contributed by atoms with Crippen molar-refractivity contribution in [3.8, 4) is 16.9 Å². The van der Waals surface area contributed by atoms with Gasteiger partial charge in [-0.1, -0.05) is 60.7 Å². The number of aliphatic carboxylic acids is 1. The maximum absolute atomic E-state index is 15.3. The van der Waals surface area contributed by atoms with Crippen molar-refractivity contribution in [3.05, 3.63) is 102 Å². The average Bonchev–Trinajstić information content (AvgIpc) is 3.34. The molecule has 2 N–H and O–H groups in total. The molecule has 0 radical (unpaired) electrons. The molecular weight excluding hydrogens is 553 g/mol. The average molecular weight is 586 g/mol. The molecule has 0 aliphatic rings. The quantitative estimate of drug-likeness (QED) is 0.175. The third kappa shape index (κ3) is 7.31. The van der Waals surface area contributed by atoms with E-state index in [1.54, 1.807) is 51.1 Å². The third-order valence-corrected chi connectivity index (χ3v) is 6.60. The molecule has 1 atom stereocenters. The minimum atomic E-state index is -1.25. The summed E-state index contributed by atoms with van der Waals surface area (Å²) < 4.78 is 37.8. The Morgan fingerprint density at radius 2 is 1.60 bits per heavy atom. The predicted octanol–water partition coefficient (Wildman–Crippen LogP) is 7.47. The SMILES string of the molecule is CC(C)(C)OC(=O)NC(COCc1ccc(OCc2ccc(-c3cccc4c3oc3ccccc34)c(F)c2)cc1)C(=O)O. The minimum Gasteiger partial charge on any atom is -0.489 e. The van der Waals surface area contributed by atoms with Gasteiger partial charge in [-0.3, -0.25) is 0 Å². The molecule has 0 fully saturated rings. The first-order valence-corrected chi connectivity index (χ1v) is 13.8. The topological polar surface area (TPSA) is 107 Å². The summed E-state index contributed by atoms with van der Waals surface area (Å²) in [5, 5.41) is 13.6. The van der Waals surface area contributed by atoms with Gasteiger partial charge in [0.05, 0.1) is 13.2 Å². The number of rotatable bonds is 10. The molecule has 9 heteroatoms. The van der Waals surface area contributed by atoms with Crippen LogP contribution in [0.3, 0.4) is 0 Å². The predicted molar refractivity (Wildman–Crippen MR) is 160 cm³/mol. The van der Waals surface area contributed by atoms with E-state index in [9.17, 15) is 14.7 Å². The zero-order valence-electron chi connectivity index (χ0n) is 24.1. The highest BCUT2D eigenvalue weighted by molar-refractivity contribution is 6.09. The summed E-state index contributed by atoms with van der Waals surface area (Å²) in [4.78, 5) is 23.4. The van der Waals surface area contributed by atoms with Crippen LogP contribution in [0, 0.1) is 5.82 Å². The maximum atomic E-state index is 15.3. The lowest BCUT2D eigenvalue weighted by molar-refractivity contribution is -0.141. The maximum Gasteiger partial charge on any atom is 0.408 e. The van der Waals surface area contributed by atoms with Crippen molar-refractivity contribution in [1.82, 2.24) is 5.32 Å². The van der Waals surface area contributed by atoms with Crippen LogP contribution in [0.4, 0.5) is 9.18 Å². The lowest BCUT2D eigenvalue weighted by Gasteiger charge is -2.22. The first-order chi connectivity index (χ1) is 20.6. The number of alkyl carbamates (subject to hydrolysis) is 1. The molecule has 43 heavy (non-hydrogen) atoms. The van der Waals surface area contributed by atoms with Crippen LogP contribution < -0.4 is 10.1 Å². The van der Waals surface area contributed by atoms with Gasteiger partial charge in [0.25, 0.3) is 0 Å². The summed E-state index contributed by atoms with van der Waals surface area (Å²) >= 11 is 0. The summed E-state index contributed by atoms with van der Waals surface area (Å²) in [6.45, 7) is 5.12. The Labute approximate surface area is 248 Å². The largest absolute Gasteiger partial charge is 0.489 e. The smallest absolute Gasteiger partial charge is 0.408 e. The molecule has 0 bridgehead atoms. The number of carboxylic acid groups (broad SMARTS) is 1. The van der Waals surface area contributed by atoms with E-state index in [1.165, 1.54) is 6.07 Å². The summed E-state index contributed by atoms with van der Waals surface area (Å²) in [7, 11) is 0. The van der Waals surface area contributed by atoms with Crippen LogP contribution in [0.25, 0.3) is 33.1 Å². The Balaban J connectivity index is 1.16. The van der Waals surface area contributed by atoms with Gasteiger partial charge in [-0.25, -0.2) is 14.0 Å². The number of carbonyl (C=O) groups is 2. The number of hydrogen-bond acceptors (Lipinski definition) is 6. The number of fused-ring (bicyclic) bond motifs is 3. The molecule has 5 rings (SSSR count). The molecule has 8 nitrogen and oxygen atoms in total. The molecule has 5 aromatic rings. The second-order valence-corrected chi connectivity index (χ2v) is 11.1. The first kappa shape index (κ1) is 29.6. The lowest BCUT2D eigenvalue weighted by atomic mass is 10.0. The van der Waals surface area contributed by atoms with E-state index in [4.69, 9.17) is 18.6 Å². The minimum absolute atomic E-state index is 0.130. The standard InChI is InChI=1S/C34H32FNO7/c1-34(2,3)43-33(39)36-29(32(37)38)20-40-18-21-11-14-23(15-12-21)41-19-22-13-16-24(28(35)17-22)26-8-6-9-27-25-7-4-5-10-30(25)42-31(26)27/h4-17,29H,18-20H2,1-3H3,(H,36,39)(H,37,38). The molecule has 1 unspecified atom stereocenters. The number of nitrogens with one attached hydrogen (secondary N) is 1. The molecule has 1 heterocycles. The molecule has 1 aromatic heterocycles. The number of carbonyl (C=O) groups excluding carboxylic acids is 1. The lowest BCUT2D eigenvalue weighted by Crippen LogP contribution is -2.46.